The van der Waals surface area contributed by atoms with Crippen LogP contribution in [0.25, 0.3) is 0 Å². The molecule has 1 heterocycles. The lowest BCUT2D eigenvalue weighted by molar-refractivity contribution is 0.0796. The van der Waals surface area contributed by atoms with Crippen molar-refractivity contribution in [2.75, 3.05) is 19.8 Å². The van der Waals surface area contributed by atoms with E-state index >= 15 is 0 Å². The highest BCUT2D eigenvalue weighted by atomic mass is 16.5. The van der Waals surface area contributed by atoms with Crippen molar-refractivity contribution in [1.82, 2.24) is 5.32 Å². The van der Waals surface area contributed by atoms with E-state index in [0.717, 1.165) is 31.9 Å². The lowest BCUT2D eigenvalue weighted by atomic mass is 10.0. The molecule has 0 saturated heterocycles. The molecule has 0 amide bonds. The largest absolute Gasteiger partial charge is 0.493 e. The van der Waals surface area contributed by atoms with Crippen LogP contribution in [0.3, 0.4) is 0 Å². The Balaban J connectivity index is 1.83. The molecular formula is C15H23NO2. The predicted molar refractivity (Wildman–Crippen MR) is 73.1 cm³/mol. The van der Waals surface area contributed by atoms with Gasteiger partial charge in [-0.1, -0.05) is 12.1 Å². The van der Waals surface area contributed by atoms with Gasteiger partial charge in [-0.2, -0.15) is 0 Å². The Morgan fingerprint density at radius 3 is 2.94 bits per heavy atom. The minimum absolute atomic E-state index is 0.305. The number of ether oxygens (including phenoxy) is 2. The van der Waals surface area contributed by atoms with Crippen LogP contribution in [0.4, 0.5) is 0 Å². The molecule has 1 aliphatic heterocycles. The van der Waals surface area contributed by atoms with Crippen LogP contribution in [-0.4, -0.2) is 25.9 Å². The van der Waals surface area contributed by atoms with Gasteiger partial charge >= 0.3 is 0 Å². The SMILES string of the molecule is CC(C)OCCNC(C)c1ccc2c(c1)CCO2. The molecule has 0 saturated carbocycles. The van der Waals surface area contributed by atoms with E-state index in [-0.39, 0.29) is 0 Å². The normalized spacial score (nSPS) is 15.6. The Kier molecular flexibility index (Phi) is 4.61. The van der Waals surface area contributed by atoms with Gasteiger partial charge in [-0.3, -0.25) is 0 Å². The van der Waals surface area contributed by atoms with Gasteiger partial charge in [0.2, 0.25) is 0 Å². The summed E-state index contributed by atoms with van der Waals surface area (Å²) in [4.78, 5) is 0. The summed E-state index contributed by atoms with van der Waals surface area (Å²) in [6, 6.07) is 6.83. The van der Waals surface area contributed by atoms with Gasteiger partial charge in [-0.15, -0.1) is 0 Å². The summed E-state index contributed by atoms with van der Waals surface area (Å²) in [5.41, 5.74) is 2.66. The van der Waals surface area contributed by atoms with Gasteiger partial charge in [-0.25, -0.2) is 0 Å². The minimum Gasteiger partial charge on any atom is -0.493 e. The molecule has 0 spiro atoms. The van der Waals surface area contributed by atoms with E-state index in [9.17, 15) is 0 Å². The molecular weight excluding hydrogens is 226 g/mol. The monoisotopic (exact) mass is 249 g/mol. The van der Waals surface area contributed by atoms with Crippen molar-refractivity contribution in [1.29, 1.82) is 0 Å². The quantitative estimate of drug-likeness (QED) is 0.786. The molecule has 1 unspecified atom stereocenters. The molecule has 3 heteroatoms. The molecule has 1 aromatic carbocycles. The molecule has 1 aromatic rings. The van der Waals surface area contributed by atoms with Crippen molar-refractivity contribution >= 4 is 0 Å². The fraction of sp³-hybridized carbons (Fsp3) is 0.600. The van der Waals surface area contributed by atoms with Crippen molar-refractivity contribution in [3.05, 3.63) is 29.3 Å². The molecule has 18 heavy (non-hydrogen) atoms. The zero-order valence-corrected chi connectivity index (χ0v) is 11.5. The summed E-state index contributed by atoms with van der Waals surface area (Å²) in [7, 11) is 0. The number of hydrogen-bond donors (Lipinski definition) is 1. The molecule has 0 bridgehead atoms. The zero-order chi connectivity index (χ0) is 13.0. The molecule has 0 aromatic heterocycles. The van der Waals surface area contributed by atoms with Crippen LogP contribution < -0.4 is 10.1 Å². The van der Waals surface area contributed by atoms with Gasteiger partial charge in [0, 0.05) is 19.0 Å². The Hall–Kier alpha value is -1.06. The average molecular weight is 249 g/mol. The third-order valence-electron chi connectivity index (χ3n) is 3.22. The van der Waals surface area contributed by atoms with E-state index in [1.165, 1.54) is 11.1 Å². The first-order chi connectivity index (χ1) is 8.66. The van der Waals surface area contributed by atoms with Crippen molar-refractivity contribution in [2.24, 2.45) is 0 Å². The maximum Gasteiger partial charge on any atom is 0.122 e. The summed E-state index contributed by atoms with van der Waals surface area (Å²) in [6.45, 7) is 8.77. The van der Waals surface area contributed by atoms with E-state index in [0.29, 0.717) is 12.1 Å². The van der Waals surface area contributed by atoms with Crippen molar-refractivity contribution in [2.45, 2.75) is 39.3 Å². The average Bonchev–Trinajstić information content (AvgIpc) is 2.81. The van der Waals surface area contributed by atoms with E-state index in [1.807, 2.05) is 0 Å². The topological polar surface area (TPSA) is 30.5 Å². The van der Waals surface area contributed by atoms with Crippen LogP contribution in [0.1, 0.15) is 37.9 Å². The highest BCUT2D eigenvalue weighted by molar-refractivity contribution is 5.40. The molecule has 0 fully saturated rings. The number of fused-ring (bicyclic) bond motifs is 1. The van der Waals surface area contributed by atoms with Crippen LogP contribution >= 0.6 is 0 Å². The van der Waals surface area contributed by atoms with Crippen molar-refractivity contribution in [3.8, 4) is 5.75 Å². The molecule has 2 rings (SSSR count). The first-order valence-electron chi connectivity index (χ1n) is 6.77. The maximum atomic E-state index is 5.52. The molecule has 0 radical (unpaired) electrons. The Morgan fingerprint density at radius 1 is 1.33 bits per heavy atom. The Bertz CT molecular complexity index is 390. The summed E-state index contributed by atoms with van der Waals surface area (Å²) >= 11 is 0. The summed E-state index contributed by atoms with van der Waals surface area (Å²) in [5, 5.41) is 3.48. The van der Waals surface area contributed by atoms with Gasteiger partial charge in [0.1, 0.15) is 5.75 Å². The number of hydrogen-bond acceptors (Lipinski definition) is 3. The highest BCUT2D eigenvalue weighted by Crippen LogP contribution is 2.27. The fourth-order valence-corrected chi connectivity index (χ4v) is 2.16. The van der Waals surface area contributed by atoms with Crippen LogP contribution in [-0.2, 0) is 11.2 Å². The van der Waals surface area contributed by atoms with Crippen LogP contribution in [0.2, 0.25) is 0 Å². The predicted octanol–water partition coefficient (Wildman–Crippen LogP) is 2.70. The third kappa shape index (κ3) is 3.47. The van der Waals surface area contributed by atoms with E-state index in [4.69, 9.17) is 9.47 Å². The molecule has 3 nitrogen and oxygen atoms in total. The van der Waals surface area contributed by atoms with Gasteiger partial charge in [-0.05, 0) is 38.0 Å². The molecule has 1 aliphatic rings. The summed E-state index contributed by atoms with van der Waals surface area (Å²) in [6.07, 6.45) is 1.34. The smallest absolute Gasteiger partial charge is 0.122 e. The second kappa shape index (κ2) is 6.21. The number of nitrogens with one attached hydrogen (secondary N) is 1. The van der Waals surface area contributed by atoms with Gasteiger partial charge < -0.3 is 14.8 Å². The Morgan fingerprint density at radius 2 is 2.17 bits per heavy atom. The van der Waals surface area contributed by atoms with Gasteiger partial charge in [0.15, 0.2) is 0 Å². The maximum absolute atomic E-state index is 5.52. The standard InChI is InChI=1S/C15H23NO2/c1-11(2)17-9-7-16-12(3)13-4-5-15-14(10-13)6-8-18-15/h4-5,10-12,16H,6-9H2,1-3H3. The van der Waals surface area contributed by atoms with Gasteiger partial charge in [0.05, 0.1) is 19.3 Å². The highest BCUT2D eigenvalue weighted by Gasteiger charge is 2.14. The van der Waals surface area contributed by atoms with Crippen LogP contribution in [0.5, 0.6) is 5.75 Å². The lowest BCUT2D eigenvalue weighted by Gasteiger charge is -2.16. The molecule has 1 N–H and O–H groups in total. The number of benzene rings is 1. The van der Waals surface area contributed by atoms with E-state index in [1.54, 1.807) is 0 Å². The number of rotatable bonds is 6. The molecule has 1 atom stereocenters. The van der Waals surface area contributed by atoms with Crippen molar-refractivity contribution in [3.63, 3.8) is 0 Å². The molecule has 0 aliphatic carbocycles. The molecule has 100 valence electrons. The van der Waals surface area contributed by atoms with Gasteiger partial charge in [0.25, 0.3) is 0 Å². The van der Waals surface area contributed by atoms with E-state index < -0.39 is 0 Å². The lowest BCUT2D eigenvalue weighted by Crippen LogP contribution is -2.24. The van der Waals surface area contributed by atoms with Crippen LogP contribution in [0, 0.1) is 0 Å². The second-order valence-electron chi connectivity index (χ2n) is 5.06. The first kappa shape index (κ1) is 13.4. The van der Waals surface area contributed by atoms with E-state index in [2.05, 4.69) is 44.3 Å². The zero-order valence-electron chi connectivity index (χ0n) is 11.5. The minimum atomic E-state index is 0.305. The first-order valence-corrected chi connectivity index (χ1v) is 6.77. The fourth-order valence-electron chi connectivity index (χ4n) is 2.16. The Labute approximate surface area is 109 Å². The van der Waals surface area contributed by atoms with Crippen molar-refractivity contribution < 1.29 is 9.47 Å². The summed E-state index contributed by atoms with van der Waals surface area (Å²) in [5.74, 6) is 1.05. The summed E-state index contributed by atoms with van der Waals surface area (Å²) < 4.78 is 11.0. The van der Waals surface area contributed by atoms with Crippen LogP contribution in [0.15, 0.2) is 18.2 Å². The second-order valence-corrected chi connectivity index (χ2v) is 5.06. The third-order valence-corrected chi connectivity index (χ3v) is 3.22.